The van der Waals surface area contributed by atoms with E-state index in [1.54, 1.807) is 0 Å². The van der Waals surface area contributed by atoms with E-state index in [1.165, 1.54) is 96.1 Å². The number of halogens is 3. The third kappa shape index (κ3) is 14.2. The molecule has 0 aromatic heterocycles. The molecule has 1 N–H and O–H groups in total. The number of nitrogens with one attached hydrogen (secondary N) is 1. The average Bonchev–Trinajstić information content (AvgIpc) is 2.83. The van der Waals surface area contributed by atoms with Crippen LogP contribution >= 0.6 is 0 Å². The van der Waals surface area contributed by atoms with Crippen molar-refractivity contribution >= 4 is 11.9 Å². The van der Waals surface area contributed by atoms with Crippen LogP contribution in [0.15, 0.2) is 24.3 Å². The molecule has 35 heavy (non-hydrogen) atoms. The number of amides is 1. The van der Waals surface area contributed by atoms with Gasteiger partial charge in [-0.1, -0.05) is 109 Å². The molecule has 4 nitrogen and oxygen atoms in total. The Kier molecular flexibility index (Phi) is 16.2. The topological polar surface area (TPSA) is 55.4 Å². The molecule has 0 heterocycles. The summed E-state index contributed by atoms with van der Waals surface area (Å²) in [6.45, 7) is 3.90. The van der Waals surface area contributed by atoms with Crippen LogP contribution in [0.25, 0.3) is 0 Å². The number of carbonyl (C=O) groups is 2. The van der Waals surface area contributed by atoms with E-state index in [0.29, 0.717) is 0 Å². The van der Waals surface area contributed by atoms with E-state index in [0.717, 1.165) is 31.4 Å². The van der Waals surface area contributed by atoms with Crippen LogP contribution < -0.4 is 5.32 Å². The summed E-state index contributed by atoms with van der Waals surface area (Å²) in [4.78, 5) is 24.3. The molecule has 0 spiro atoms. The summed E-state index contributed by atoms with van der Waals surface area (Å²) in [6.07, 6.45) is 14.0. The maximum absolute atomic E-state index is 13.1. The first-order chi connectivity index (χ1) is 16.8. The van der Waals surface area contributed by atoms with Gasteiger partial charge >= 0.3 is 12.1 Å². The third-order valence-corrected chi connectivity index (χ3v) is 6.17. The molecule has 0 saturated heterocycles. The van der Waals surface area contributed by atoms with Gasteiger partial charge in [0.2, 0.25) is 0 Å². The Bertz CT molecular complexity index is 722. The summed E-state index contributed by atoms with van der Waals surface area (Å²) >= 11 is 0. The second-order valence-electron chi connectivity index (χ2n) is 9.36. The molecule has 1 rings (SSSR count). The average molecular weight is 500 g/mol. The van der Waals surface area contributed by atoms with Crippen LogP contribution in [0, 0.1) is 0 Å². The lowest BCUT2D eigenvalue weighted by Crippen LogP contribution is -2.40. The van der Waals surface area contributed by atoms with Gasteiger partial charge in [-0.3, -0.25) is 4.79 Å². The minimum Gasteiger partial charge on any atom is -0.464 e. The predicted molar refractivity (Wildman–Crippen MR) is 134 cm³/mol. The van der Waals surface area contributed by atoms with E-state index in [4.69, 9.17) is 4.74 Å². The third-order valence-electron chi connectivity index (χ3n) is 6.17. The summed E-state index contributed by atoms with van der Waals surface area (Å²) in [5, 5.41) is 2.30. The van der Waals surface area contributed by atoms with Crippen LogP contribution in [0.2, 0.25) is 0 Å². The van der Waals surface area contributed by atoms with Crippen molar-refractivity contribution in [2.45, 2.75) is 122 Å². The van der Waals surface area contributed by atoms with Gasteiger partial charge in [0.25, 0.3) is 5.91 Å². The zero-order valence-electron chi connectivity index (χ0n) is 21.6. The van der Waals surface area contributed by atoms with Crippen molar-refractivity contribution in [3.63, 3.8) is 0 Å². The van der Waals surface area contributed by atoms with E-state index in [1.807, 2.05) is 0 Å². The number of carbonyl (C=O) groups excluding carboxylic acids is 2. The normalized spacial score (nSPS) is 12.4. The molecular formula is C28H44F3NO3. The highest BCUT2D eigenvalue weighted by molar-refractivity contribution is 5.98. The molecule has 200 valence electrons. The van der Waals surface area contributed by atoms with E-state index < -0.39 is 35.2 Å². The molecule has 0 aliphatic carbocycles. The molecule has 1 aromatic rings. The maximum atomic E-state index is 13.1. The highest BCUT2D eigenvalue weighted by Gasteiger charge is 2.35. The number of alkyl halides is 3. The first kappa shape index (κ1) is 31.0. The van der Waals surface area contributed by atoms with Crippen molar-refractivity contribution in [3.8, 4) is 0 Å². The summed E-state index contributed by atoms with van der Waals surface area (Å²) < 4.78 is 44.4. The van der Waals surface area contributed by atoms with E-state index in [-0.39, 0.29) is 6.61 Å². The molecule has 1 atom stereocenters. The molecule has 1 aromatic carbocycles. The van der Waals surface area contributed by atoms with Crippen LogP contribution in [0.1, 0.15) is 126 Å². The number of hydrogen-bond acceptors (Lipinski definition) is 3. The Hall–Kier alpha value is -2.05. The second kappa shape index (κ2) is 18.3. The minimum atomic E-state index is -4.65. The van der Waals surface area contributed by atoms with Crippen LogP contribution in [-0.2, 0) is 15.7 Å². The van der Waals surface area contributed by atoms with Gasteiger partial charge in [-0.25, -0.2) is 4.79 Å². The number of unbranched alkanes of at least 4 members (excludes halogenated alkanes) is 14. The van der Waals surface area contributed by atoms with Crippen molar-refractivity contribution in [1.29, 1.82) is 0 Å². The Morgan fingerprint density at radius 2 is 1.26 bits per heavy atom. The maximum Gasteiger partial charge on any atom is 0.417 e. The number of hydrogen-bond donors (Lipinski definition) is 1. The van der Waals surface area contributed by atoms with Gasteiger partial charge in [-0.05, 0) is 25.5 Å². The first-order valence-corrected chi connectivity index (χ1v) is 13.4. The Morgan fingerprint density at radius 1 is 0.800 bits per heavy atom. The number of benzene rings is 1. The van der Waals surface area contributed by atoms with Gasteiger partial charge in [-0.15, -0.1) is 0 Å². The van der Waals surface area contributed by atoms with Gasteiger partial charge in [-0.2, -0.15) is 13.2 Å². The molecule has 0 saturated carbocycles. The molecular weight excluding hydrogens is 455 g/mol. The number of esters is 1. The first-order valence-electron chi connectivity index (χ1n) is 13.4. The smallest absolute Gasteiger partial charge is 0.417 e. The molecule has 1 unspecified atom stereocenters. The predicted octanol–water partition coefficient (Wildman–Crippen LogP) is 8.24. The van der Waals surface area contributed by atoms with Gasteiger partial charge in [0.15, 0.2) is 0 Å². The van der Waals surface area contributed by atoms with Crippen molar-refractivity contribution in [2.75, 3.05) is 6.61 Å². The lowest BCUT2D eigenvalue weighted by molar-refractivity contribution is -0.145. The summed E-state index contributed by atoms with van der Waals surface area (Å²) in [5.74, 6) is -1.59. The highest BCUT2D eigenvalue weighted by Crippen LogP contribution is 2.31. The Labute approximate surface area is 209 Å². The number of rotatable bonds is 19. The van der Waals surface area contributed by atoms with Crippen LogP contribution in [0.4, 0.5) is 13.2 Å². The Balaban J connectivity index is 2.06. The highest BCUT2D eigenvalue weighted by atomic mass is 19.4. The van der Waals surface area contributed by atoms with Crippen molar-refractivity contribution in [3.05, 3.63) is 35.4 Å². The molecule has 1 amide bonds. The van der Waals surface area contributed by atoms with E-state index in [2.05, 4.69) is 12.2 Å². The van der Waals surface area contributed by atoms with Crippen molar-refractivity contribution < 1.29 is 27.5 Å². The van der Waals surface area contributed by atoms with E-state index >= 15 is 0 Å². The van der Waals surface area contributed by atoms with Crippen molar-refractivity contribution in [1.82, 2.24) is 5.32 Å². The molecule has 7 heteroatoms. The number of ether oxygens (including phenoxy) is 1. The van der Waals surface area contributed by atoms with Gasteiger partial charge < -0.3 is 10.1 Å². The monoisotopic (exact) mass is 499 g/mol. The summed E-state index contributed by atoms with van der Waals surface area (Å²) in [5.41, 5.74) is -1.54. The lowest BCUT2D eigenvalue weighted by atomic mass is 10.0. The minimum absolute atomic E-state index is 0.246. The largest absolute Gasteiger partial charge is 0.464 e. The van der Waals surface area contributed by atoms with Gasteiger partial charge in [0, 0.05) is 0 Å². The lowest BCUT2D eigenvalue weighted by Gasteiger charge is -2.16. The van der Waals surface area contributed by atoms with Crippen LogP contribution in [0.3, 0.4) is 0 Å². The SMILES string of the molecule is CCCCCCCCCCCCCCCCCOC(=O)C(C)NC(=O)c1ccccc1C(F)(F)F. The molecule has 0 aliphatic rings. The summed E-state index contributed by atoms with van der Waals surface area (Å²) in [7, 11) is 0. The fraction of sp³-hybridized carbons (Fsp3) is 0.714. The molecule has 0 fully saturated rings. The van der Waals surface area contributed by atoms with Crippen LogP contribution in [0.5, 0.6) is 0 Å². The molecule has 0 radical (unpaired) electrons. The van der Waals surface area contributed by atoms with Gasteiger partial charge in [0.1, 0.15) is 6.04 Å². The van der Waals surface area contributed by atoms with Gasteiger partial charge in [0.05, 0.1) is 17.7 Å². The van der Waals surface area contributed by atoms with E-state index in [9.17, 15) is 22.8 Å². The Morgan fingerprint density at radius 3 is 1.74 bits per heavy atom. The van der Waals surface area contributed by atoms with Crippen molar-refractivity contribution in [2.24, 2.45) is 0 Å². The fourth-order valence-corrected chi connectivity index (χ4v) is 4.03. The zero-order valence-corrected chi connectivity index (χ0v) is 21.6. The molecule has 0 bridgehead atoms. The van der Waals surface area contributed by atoms with Crippen LogP contribution in [-0.4, -0.2) is 24.5 Å². The standard InChI is InChI=1S/C28H44F3NO3/c1-3-4-5-6-7-8-9-10-11-12-13-14-15-16-19-22-35-27(34)23(2)32-26(33)24-20-17-18-21-25(24)28(29,30)31/h17-18,20-21,23H,3-16,19,22H2,1-2H3,(H,32,33). The second-order valence-corrected chi connectivity index (χ2v) is 9.36. The zero-order chi connectivity index (χ0) is 25.9. The molecule has 0 aliphatic heterocycles. The fourth-order valence-electron chi connectivity index (χ4n) is 4.03. The summed E-state index contributed by atoms with van der Waals surface area (Å²) in [6, 6.07) is 3.47. The quantitative estimate of drug-likeness (QED) is 0.154.